The molecule has 1 unspecified atom stereocenters. The van der Waals surface area contributed by atoms with Gasteiger partial charge in [-0.25, -0.2) is 9.78 Å². The second-order valence-electron chi connectivity index (χ2n) is 8.06. The van der Waals surface area contributed by atoms with Crippen LogP contribution in [-0.4, -0.2) is 56.4 Å². The molecule has 0 aliphatic carbocycles. The van der Waals surface area contributed by atoms with Crippen molar-refractivity contribution in [2.75, 3.05) is 18.2 Å². The SMILES string of the molecule is COn1c(NC2C(=O)N3C(C(=O)OC(C)(C)C)=C(C)CS[C@H]23)nc2ccccc21. The first-order valence-electron chi connectivity index (χ1n) is 9.37. The molecule has 9 heteroatoms. The van der Waals surface area contributed by atoms with E-state index in [1.165, 1.54) is 4.90 Å². The molecule has 1 N–H and O–H groups in total. The van der Waals surface area contributed by atoms with Gasteiger partial charge in [0.2, 0.25) is 5.95 Å². The molecule has 1 aromatic heterocycles. The molecule has 1 saturated heterocycles. The van der Waals surface area contributed by atoms with Crippen molar-refractivity contribution in [2.45, 2.75) is 44.7 Å². The van der Waals surface area contributed by atoms with E-state index >= 15 is 0 Å². The molecule has 0 radical (unpaired) electrons. The van der Waals surface area contributed by atoms with Gasteiger partial charge >= 0.3 is 5.97 Å². The summed E-state index contributed by atoms with van der Waals surface area (Å²) in [6.07, 6.45) is 0. The van der Waals surface area contributed by atoms with Crippen LogP contribution in [0.3, 0.4) is 0 Å². The molecule has 1 amide bonds. The number of rotatable bonds is 4. The van der Waals surface area contributed by atoms with Crippen molar-refractivity contribution in [2.24, 2.45) is 0 Å². The van der Waals surface area contributed by atoms with Gasteiger partial charge < -0.3 is 14.9 Å². The number of fused-ring (bicyclic) bond motifs is 2. The highest BCUT2D eigenvalue weighted by molar-refractivity contribution is 8.00. The van der Waals surface area contributed by atoms with E-state index in [9.17, 15) is 9.59 Å². The lowest BCUT2D eigenvalue weighted by atomic mass is 10.0. The second-order valence-corrected chi connectivity index (χ2v) is 9.17. The van der Waals surface area contributed by atoms with Crippen LogP contribution in [0.15, 0.2) is 35.5 Å². The molecule has 154 valence electrons. The molecule has 2 aliphatic rings. The van der Waals surface area contributed by atoms with Gasteiger partial charge in [-0.1, -0.05) is 12.1 Å². The van der Waals surface area contributed by atoms with E-state index in [0.717, 1.165) is 16.6 Å². The van der Waals surface area contributed by atoms with Crippen LogP contribution in [0.25, 0.3) is 11.0 Å². The Bertz CT molecular complexity index is 1020. The molecule has 4 rings (SSSR count). The largest absolute Gasteiger partial charge is 0.455 e. The number of thioether (sulfide) groups is 1. The van der Waals surface area contributed by atoms with E-state index in [-0.39, 0.29) is 11.3 Å². The molecule has 2 aliphatic heterocycles. The molecule has 29 heavy (non-hydrogen) atoms. The maximum Gasteiger partial charge on any atom is 0.355 e. The molecular formula is C20H24N4O4S. The van der Waals surface area contributed by atoms with Gasteiger partial charge in [-0.05, 0) is 45.4 Å². The topological polar surface area (TPSA) is 85.7 Å². The quantitative estimate of drug-likeness (QED) is 0.605. The average Bonchev–Trinajstić information content (AvgIpc) is 3.01. The number of nitrogens with zero attached hydrogens (tertiary/aromatic N) is 3. The minimum Gasteiger partial charge on any atom is -0.455 e. The van der Waals surface area contributed by atoms with Crippen LogP contribution in [0.4, 0.5) is 5.95 Å². The molecule has 2 aromatic rings. The lowest BCUT2D eigenvalue weighted by molar-refractivity contribution is -0.157. The van der Waals surface area contributed by atoms with E-state index < -0.39 is 17.6 Å². The highest BCUT2D eigenvalue weighted by Crippen LogP contribution is 2.42. The highest BCUT2D eigenvalue weighted by Gasteiger charge is 2.54. The Morgan fingerprint density at radius 1 is 1.31 bits per heavy atom. The summed E-state index contributed by atoms with van der Waals surface area (Å²) in [5.74, 6) is 0.466. The number of esters is 1. The lowest BCUT2D eigenvalue weighted by Gasteiger charge is -2.49. The third-order valence-corrected chi connectivity index (χ3v) is 6.16. The van der Waals surface area contributed by atoms with E-state index in [2.05, 4.69) is 10.3 Å². The van der Waals surface area contributed by atoms with Crippen LogP contribution in [0.1, 0.15) is 27.7 Å². The number of imidazole rings is 1. The molecule has 1 fully saturated rings. The number of aromatic nitrogens is 2. The van der Waals surface area contributed by atoms with Gasteiger partial charge in [-0.2, -0.15) is 0 Å². The van der Waals surface area contributed by atoms with Gasteiger partial charge in [0.1, 0.15) is 35.3 Å². The number of benzene rings is 1. The summed E-state index contributed by atoms with van der Waals surface area (Å²) in [5.41, 5.74) is 2.15. The van der Waals surface area contributed by atoms with Crippen LogP contribution in [0.5, 0.6) is 0 Å². The number of nitrogens with one attached hydrogen (secondary N) is 1. The molecule has 8 nitrogen and oxygen atoms in total. The zero-order chi connectivity index (χ0) is 20.9. The zero-order valence-corrected chi connectivity index (χ0v) is 17.9. The predicted octanol–water partition coefficient (Wildman–Crippen LogP) is 2.41. The second kappa shape index (κ2) is 6.98. The zero-order valence-electron chi connectivity index (χ0n) is 17.1. The third kappa shape index (κ3) is 3.33. The van der Waals surface area contributed by atoms with Crippen molar-refractivity contribution < 1.29 is 19.2 Å². The van der Waals surface area contributed by atoms with Crippen molar-refractivity contribution in [3.63, 3.8) is 0 Å². The lowest BCUT2D eigenvalue weighted by Crippen LogP contribution is -2.68. The van der Waals surface area contributed by atoms with Crippen molar-refractivity contribution in [1.29, 1.82) is 0 Å². The van der Waals surface area contributed by atoms with E-state index in [0.29, 0.717) is 17.4 Å². The number of carbonyl (C=O) groups excluding carboxylic acids is 2. The Hall–Kier alpha value is -2.68. The Morgan fingerprint density at radius 2 is 2.03 bits per heavy atom. The van der Waals surface area contributed by atoms with E-state index in [1.54, 1.807) is 23.6 Å². The predicted molar refractivity (Wildman–Crippen MR) is 111 cm³/mol. The first-order chi connectivity index (χ1) is 13.7. The fourth-order valence-corrected chi connectivity index (χ4v) is 4.80. The van der Waals surface area contributed by atoms with Crippen molar-refractivity contribution in [3.05, 3.63) is 35.5 Å². The summed E-state index contributed by atoms with van der Waals surface area (Å²) >= 11 is 1.61. The third-order valence-electron chi connectivity index (χ3n) is 4.74. The smallest absolute Gasteiger partial charge is 0.355 e. The van der Waals surface area contributed by atoms with Crippen LogP contribution in [0.2, 0.25) is 0 Å². The number of amides is 1. The summed E-state index contributed by atoms with van der Waals surface area (Å²) in [6, 6.07) is 7.07. The van der Waals surface area contributed by atoms with E-state index in [1.807, 2.05) is 52.0 Å². The average molecular weight is 417 g/mol. The van der Waals surface area contributed by atoms with Gasteiger partial charge in [-0.3, -0.25) is 9.69 Å². The maximum atomic E-state index is 13.0. The number of anilines is 1. The number of hydrogen-bond donors (Lipinski definition) is 1. The Balaban J connectivity index is 1.58. The van der Waals surface area contributed by atoms with Crippen LogP contribution in [-0.2, 0) is 14.3 Å². The molecule has 0 spiro atoms. The van der Waals surface area contributed by atoms with Gasteiger partial charge in [0.05, 0.1) is 5.52 Å². The standard InChI is InChI=1S/C20H24N4O4S/c1-11-10-29-17-14(16(25)23(17)15(11)18(26)28-20(2,3)4)22-19-21-12-8-6-7-9-13(12)24(19)27-5/h6-9,14,17H,10H2,1-5H3,(H,21,22)/t14?,17-/m1/s1. The minimum absolute atomic E-state index is 0.183. The van der Waals surface area contributed by atoms with Crippen molar-refractivity contribution >= 4 is 40.6 Å². The number of hydrogen-bond acceptors (Lipinski definition) is 7. The van der Waals surface area contributed by atoms with Gasteiger partial charge in [0.25, 0.3) is 5.91 Å². The van der Waals surface area contributed by atoms with E-state index in [4.69, 9.17) is 9.57 Å². The minimum atomic E-state index is -0.626. The summed E-state index contributed by atoms with van der Waals surface area (Å²) in [6.45, 7) is 7.30. The molecule has 0 bridgehead atoms. The normalized spacial score (nSPS) is 21.7. The van der Waals surface area contributed by atoms with Crippen molar-refractivity contribution in [1.82, 2.24) is 14.6 Å². The monoisotopic (exact) mass is 416 g/mol. The summed E-state index contributed by atoms with van der Waals surface area (Å²) in [5, 5.41) is 2.99. The molecule has 2 atom stereocenters. The Labute approximate surface area is 173 Å². The first-order valence-corrected chi connectivity index (χ1v) is 10.4. The van der Waals surface area contributed by atoms with Gasteiger partial charge in [-0.15, -0.1) is 16.5 Å². The number of β-lactam (4-membered cyclic amide) rings is 1. The maximum absolute atomic E-state index is 13.0. The Morgan fingerprint density at radius 3 is 2.72 bits per heavy atom. The number of carbonyl (C=O) groups is 2. The summed E-state index contributed by atoms with van der Waals surface area (Å²) in [4.78, 5) is 37.2. The van der Waals surface area contributed by atoms with Crippen LogP contribution in [0, 0.1) is 0 Å². The summed E-state index contributed by atoms with van der Waals surface area (Å²) < 4.78 is 7.09. The summed E-state index contributed by atoms with van der Waals surface area (Å²) in [7, 11) is 1.55. The molecular weight excluding hydrogens is 392 g/mol. The molecule has 3 heterocycles. The van der Waals surface area contributed by atoms with Crippen molar-refractivity contribution in [3.8, 4) is 0 Å². The number of para-hydroxylation sites is 2. The van der Waals surface area contributed by atoms with Gasteiger partial charge in [0.15, 0.2) is 0 Å². The van der Waals surface area contributed by atoms with Gasteiger partial charge in [0, 0.05) is 5.75 Å². The molecule has 0 saturated carbocycles. The molecule has 1 aromatic carbocycles. The fraction of sp³-hybridized carbons (Fsp3) is 0.450. The first kappa shape index (κ1) is 19.6. The highest BCUT2D eigenvalue weighted by atomic mass is 32.2. The fourth-order valence-electron chi connectivity index (χ4n) is 3.51. The van der Waals surface area contributed by atoms with Crippen LogP contribution >= 0.6 is 11.8 Å². The Kier molecular flexibility index (Phi) is 4.72. The van der Waals surface area contributed by atoms with Crippen LogP contribution < -0.4 is 10.2 Å². The number of ether oxygens (including phenoxy) is 1.